The van der Waals surface area contributed by atoms with Crippen molar-refractivity contribution in [2.75, 3.05) is 4.72 Å². The molecular weight excluding hydrogens is 272 g/mol. The Morgan fingerprint density at radius 1 is 1.32 bits per heavy atom. The lowest BCUT2D eigenvalue weighted by Crippen LogP contribution is -2.13. The molecular formula is C10H10N4O4S. The van der Waals surface area contributed by atoms with Gasteiger partial charge in [0.15, 0.2) is 5.82 Å². The molecule has 0 aliphatic carbocycles. The van der Waals surface area contributed by atoms with Gasteiger partial charge in [0.25, 0.3) is 10.0 Å². The van der Waals surface area contributed by atoms with E-state index in [4.69, 9.17) is 5.11 Å². The number of nitrogens with one attached hydrogen (secondary N) is 1. The second kappa shape index (κ2) is 5.06. The molecule has 19 heavy (non-hydrogen) atoms. The number of hydrogen-bond acceptors (Lipinski definition) is 5. The Hall–Kier alpha value is -2.42. The lowest BCUT2D eigenvalue weighted by molar-refractivity contribution is -0.137. The van der Waals surface area contributed by atoms with Crippen LogP contribution in [0.1, 0.15) is 0 Å². The van der Waals surface area contributed by atoms with E-state index in [9.17, 15) is 13.2 Å². The minimum atomic E-state index is -3.74. The van der Waals surface area contributed by atoms with Crippen molar-refractivity contribution in [1.29, 1.82) is 0 Å². The molecule has 2 aromatic rings. The summed E-state index contributed by atoms with van der Waals surface area (Å²) in [5.41, 5.74) is 0. The van der Waals surface area contributed by atoms with E-state index in [1.165, 1.54) is 18.3 Å². The van der Waals surface area contributed by atoms with Gasteiger partial charge in [0, 0.05) is 0 Å². The van der Waals surface area contributed by atoms with Crippen molar-refractivity contribution in [1.82, 2.24) is 15.0 Å². The zero-order valence-corrected chi connectivity index (χ0v) is 10.4. The number of nitrogens with zero attached hydrogens (tertiary/aromatic N) is 3. The maximum atomic E-state index is 11.9. The highest BCUT2D eigenvalue weighted by Gasteiger charge is 2.15. The fourth-order valence-electron chi connectivity index (χ4n) is 1.36. The van der Waals surface area contributed by atoms with Gasteiger partial charge in [0.1, 0.15) is 6.54 Å². The third-order valence-electron chi connectivity index (χ3n) is 2.13. The molecule has 1 heterocycles. The van der Waals surface area contributed by atoms with Gasteiger partial charge in [-0.15, -0.1) is 5.10 Å². The number of rotatable bonds is 5. The van der Waals surface area contributed by atoms with E-state index in [1.807, 2.05) is 0 Å². The summed E-state index contributed by atoms with van der Waals surface area (Å²) in [4.78, 5) is 10.5. The number of aromatic nitrogens is 3. The van der Waals surface area contributed by atoms with Crippen molar-refractivity contribution >= 4 is 21.8 Å². The number of anilines is 1. The highest BCUT2D eigenvalue weighted by atomic mass is 32.2. The Kier molecular flexibility index (Phi) is 3.47. The van der Waals surface area contributed by atoms with E-state index in [0.717, 1.165) is 4.68 Å². The molecule has 2 N–H and O–H groups in total. The quantitative estimate of drug-likeness (QED) is 0.807. The van der Waals surface area contributed by atoms with E-state index >= 15 is 0 Å². The summed E-state index contributed by atoms with van der Waals surface area (Å²) in [6.45, 7) is -0.389. The molecule has 0 atom stereocenters. The van der Waals surface area contributed by atoms with Crippen LogP contribution in [0, 0.1) is 0 Å². The van der Waals surface area contributed by atoms with Crippen molar-refractivity contribution in [2.45, 2.75) is 11.4 Å². The molecule has 0 saturated heterocycles. The number of carboxylic acids is 1. The van der Waals surface area contributed by atoms with E-state index in [2.05, 4.69) is 15.0 Å². The van der Waals surface area contributed by atoms with Crippen LogP contribution in [-0.2, 0) is 21.4 Å². The van der Waals surface area contributed by atoms with Gasteiger partial charge in [-0.25, -0.2) is 13.1 Å². The second-order valence-electron chi connectivity index (χ2n) is 3.61. The fourth-order valence-corrected chi connectivity index (χ4v) is 2.36. The Morgan fingerprint density at radius 2 is 2.00 bits per heavy atom. The van der Waals surface area contributed by atoms with Crippen LogP contribution in [-0.4, -0.2) is 34.5 Å². The molecule has 0 saturated carbocycles. The number of carboxylic acid groups (broad SMARTS) is 1. The summed E-state index contributed by atoms with van der Waals surface area (Å²) in [5.74, 6) is -1.13. The lowest BCUT2D eigenvalue weighted by atomic mass is 10.4. The van der Waals surface area contributed by atoms with Crippen LogP contribution in [0.15, 0.2) is 41.4 Å². The summed E-state index contributed by atoms with van der Waals surface area (Å²) >= 11 is 0. The largest absolute Gasteiger partial charge is 0.480 e. The molecule has 0 aliphatic rings. The van der Waals surface area contributed by atoms with Crippen molar-refractivity contribution in [2.24, 2.45) is 0 Å². The van der Waals surface area contributed by atoms with Gasteiger partial charge in [-0.05, 0) is 12.1 Å². The van der Waals surface area contributed by atoms with Gasteiger partial charge in [-0.2, -0.15) is 0 Å². The summed E-state index contributed by atoms with van der Waals surface area (Å²) < 4.78 is 27.1. The van der Waals surface area contributed by atoms with E-state index < -0.39 is 16.0 Å². The van der Waals surface area contributed by atoms with Crippen LogP contribution in [0.3, 0.4) is 0 Å². The number of sulfonamides is 1. The Balaban J connectivity index is 2.17. The van der Waals surface area contributed by atoms with Crippen molar-refractivity contribution in [3.8, 4) is 0 Å². The van der Waals surface area contributed by atoms with Crippen LogP contribution < -0.4 is 4.72 Å². The first kappa shape index (κ1) is 13.0. The topological polar surface area (TPSA) is 114 Å². The minimum Gasteiger partial charge on any atom is -0.480 e. The van der Waals surface area contributed by atoms with E-state index in [1.54, 1.807) is 18.2 Å². The SMILES string of the molecule is O=C(O)Cn1cc(NS(=O)(=O)c2ccccc2)nn1. The zero-order valence-electron chi connectivity index (χ0n) is 9.59. The summed E-state index contributed by atoms with van der Waals surface area (Å²) in [5, 5.41) is 15.6. The van der Waals surface area contributed by atoms with E-state index in [0.29, 0.717) is 0 Å². The molecule has 0 fully saturated rings. The van der Waals surface area contributed by atoms with Gasteiger partial charge in [0.2, 0.25) is 0 Å². The van der Waals surface area contributed by atoms with Gasteiger partial charge in [-0.3, -0.25) is 9.52 Å². The fraction of sp³-hybridized carbons (Fsp3) is 0.100. The molecule has 2 rings (SSSR count). The summed E-state index contributed by atoms with van der Waals surface area (Å²) in [7, 11) is -3.74. The monoisotopic (exact) mass is 282 g/mol. The third kappa shape index (κ3) is 3.28. The van der Waals surface area contributed by atoms with Crippen LogP contribution in [0.4, 0.5) is 5.82 Å². The standard InChI is InChI=1S/C10H10N4O4S/c15-10(16)7-14-6-9(11-13-14)12-19(17,18)8-4-2-1-3-5-8/h1-6,12H,7H2,(H,15,16). The number of benzene rings is 1. The number of hydrogen-bond donors (Lipinski definition) is 2. The molecule has 1 aromatic heterocycles. The molecule has 0 unspecified atom stereocenters. The Morgan fingerprint density at radius 3 is 2.63 bits per heavy atom. The average molecular weight is 282 g/mol. The smallest absolute Gasteiger partial charge is 0.325 e. The van der Waals surface area contributed by atoms with E-state index in [-0.39, 0.29) is 17.3 Å². The van der Waals surface area contributed by atoms with Crippen LogP contribution >= 0.6 is 0 Å². The molecule has 8 nitrogen and oxygen atoms in total. The van der Waals surface area contributed by atoms with Crippen molar-refractivity contribution in [3.63, 3.8) is 0 Å². The molecule has 9 heteroatoms. The predicted octanol–water partition coefficient (Wildman–Crippen LogP) is 0.163. The number of aliphatic carboxylic acids is 1. The highest BCUT2D eigenvalue weighted by molar-refractivity contribution is 7.92. The maximum absolute atomic E-state index is 11.9. The average Bonchev–Trinajstić information content (AvgIpc) is 2.76. The van der Waals surface area contributed by atoms with Gasteiger partial charge in [0.05, 0.1) is 11.1 Å². The highest BCUT2D eigenvalue weighted by Crippen LogP contribution is 2.12. The Labute approximate surface area is 108 Å². The first-order valence-corrected chi connectivity index (χ1v) is 6.65. The van der Waals surface area contributed by atoms with Crippen LogP contribution in [0.2, 0.25) is 0 Å². The van der Waals surface area contributed by atoms with Crippen molar-refractivity contribution < 1.29 is 18.3 Å². The van der Waals surface area contributed by atoms with Crippen LogP contribution in [0.5, 0.6) is 0 Å². The summed E-state index contributed by atoms with van der Waals surface area (Å²) in [6, 6.07) is 7.75. The molecule has 100 valence electrons. The van der Waals surface area contributed by atoms with Crippen molar-refractivity contribution in [3.05, 3.63) is 36.5 Å². The molecule has 1 aromatic carbocycles. The summed E-state index contributed by atoms with van der Waals surface area (Å²) in [6.07, 6.45) is 1.20. The molecule has 0 bridgehead atoms. The van der Waals surface area contributed by atoms with Gasteiger partial charge in [-0.1, -0.05) is 23.4 Å². The minimum absolute atomic E-state index is 0.0369. The number of carbonyl (C=O) groups is 1. The third-order valence-corrected chi connectivity index (χ3v) is 3.50. The lowest BCUT2D eigenvalue weighted by Gasteiger charge is -2.03. The first-order chi connectivity index (χ1) is 8.97. The second-order valence-corrected chi connectivity index (χ2v) is 5.30. The van der Waals surface area contributed by atoms with Gasteiger partial charge >= 0.3 is 5.97 Å². The maximum Gasteiger partial charge on any atom is 0.325 e. The first-order valence-electron chi connectivity index (χ1n) is 5.17. The zero-order chi connectivity index (χ0) is 13.9. The Bertz CT molecular complexity index is 681. The predicted molar refractivity (Wildman–Crippen MR) is 64.9 cm³/mol. The molecule has 0 radical (unpaired) electrons. The molecule has 0 aliphatic heterocycles. The molecule has 0 amide bonds. The molecule has 0 spiro atoms. The van der Waals surface area contributed by atoms with Gasteiger partial charge < -0.3 is 5.11 Å². The van der Waals surface area contributed by atoms with Crippen LogP contribution in [0.25, 0.3) is 0 Å². The normalized spacial score (nSPS) is 11.2.